The van der Waals surface area contributed by atoms with Gasteiger partial charge in [0.2, 0.25) is 0 Å². The van der Waals surface area contributed by atoms with Crippen LogP contribution in [0.4, 0.5) is 0 Å². The standard InChI is InChI=1S/C15H21N2O2.V.W/c1-3-16(10-4-12-18)17(13-19)11-9-15-7-5-14(2)6-8-15;;/h5-8,12,18H,1,3-4,9-11H2,2H3;;/q-3;+2;. The number of aryl methyl sites for hydroxylation is 1. The first-order valence-corrected chi connectivity index (χ1v) is 6.42. The number of hydrogen-bond donors (Lipinski definition) is 1. The number of benzene rings is 1. The van der Waals surface area contributed by atoms with Crippen molar-refractivity contribution in [1.82, 2.24) is 10.0 Å². The fraction of sp³-hybridized carbons (Fsp3) is 0.400. The van der Waals surface area contributed by atoms with E-state index in [0.29, 0.717) is 26.1 Å². The Hall–Kier alpha value is -0.117. The van der Waals surface area contributed by atoms with Crippen LogP contribution < -0.4 is 0 Å². The van der Waals surface area contributed by atoms with Crippen molar-refractivity contribution in [2.45, 2.75) is 19.8 Å². The molecule has 115 valence electrons. The molecule has 0 unspecified atom stereocenters. The number of hydrogen-bond acceptors (Lipinski definition) is 3. The monoisotopic (exact) mass is 496 g/mol. The minimum Gasteiger partial charge on any atom is -0.566 e. The number of nitrogens with zero attached hydrogens (tertiary/aromatic N) is 2. The summed E-state index contributed by atoms with van der Waals surface area (Å²) in [7, 11) is 0. The van der Waals surface area contributed by atoms with E-state index >= 15 is 0 Å². The van der Waals surface area contributed by atoms with Crippen LogP contribution in [-0.4, -0.2) is 41.2 Å². The van der Waals surface area contributed by atoms with Crippen molar-refractivity contribution in [3.8, 4) is 0 Å². The molecule has 0 aliphatic carbocycles. The summed E-state index contributed by atoms with van der Waals surface area (Å²) in [6, 6.07) is 8.25. The van der Waals surface area contributed by atoms with E-state index in [1.165, 1.54) is 16.1 Å². The fourth-order valence-corrected chi connectivity index (χ4v) is 1.79. The van der Waals surface area contributed by atoms with E-state index in [1.807, 2.05) is 13.3 Å². The van der Waals surface area contributed by atoms with E-state index < -0.39 is 0 Å². The SMILES string of the molecule is [CH2-]CN(CC[CH-]O)N([C-]=O)CCc1ccc(C)cc1.[V+2].[W]. The zero-order valence-corrected chi connectivity index (χ0v) is 16.6. The van der Waals surface area contributed by atoms with Crippen LogP contribution in [0.2, 0.25) is 0 Å². The van der Waals surface area contributed by atoms with E-state index in [4.69, 9.17) is 5.11 Å². The third-order valence-corrected chi connectivity index (χ3v) is 2.95. The molecule has 1 aromatic carbocycles. The van der Waals surface area contributed by atoms with Gasteiger partial charge in [-0.3, -0.25) is 5.01 Å². The van der Waals surface area contributed by atoms with Crippen LogP contribution in [0.1, 0.15) is 17.5 Å². The zero-order valence-electron chi connectivity index (χ0n) is 12.2. The van der Waals surface area contributed by atoms with Crippen LogP contribution in [0.3, 0.4) is 0 Å². The van der Waals surface area contributed by atoms with Crippen LogP contribution in [0.15, 0.2) is 24.3 Å². The maximum absolute atomic E-state index is 11.0. The van der Waals surface area contributed by atoms with E-state index in [2.05, 4.69) is 31.2 Å². The fourth-order valence-electron chi connectivity index (χ4n) is 1.79. The van der Waals surface area contributed by atoms with E-state index in [-0.39, 0.29) is 39.6 Å². The molecule has 1 radical (unpaired) electrons. The quantitative estimate of drug-likeness (QED) is 0.323. The van der Waals surface area contributed by atoms with E-state index in [1.54, 1.807) is 5.01 Å². The molecule has 0 bridgehead atoms. The van der Waals surface area contributed by atoms with Gasteiger partial charge in [0.15, 0.2) is 0 Å². The summed E-state index contributed by atoms with van der Waals surface area (Å²) >= 11 is 0. The molecule has 1 aromatic rings. The van der Waals surface area contributed by atoms with Gasteiger partial charge in [-0.05, 0) is 25.5 Å². The van der Waals surface area contributed by atoms with Gasteiger partial charge in [-0.2, -0.15) is 0 Å². The van der Waals surface area contributed by atoms with Crippen LogP contribution in [-0.2, 0) is 50.8 Å². The summed E-state index contributed by atoms with van der Waals surface area (Å²) in [6.07, 6.45) is 3.19. The van der Waals surface area contributed by atoms with Gasteiger partial charge in [0.25, 0.3) is 0 Å². The van der Waals surface area contributed by atoms with Crippen LogP contribution in [0.5, 0.6) is 0 Å². The topological polar surface area (TPSA) is 43.8 Å². The molecule has 1 amide bonds. The zero-order chi connectivity index (χ0) is 14.1. The second-order valence-electron chi connectivity index (χ2n) is 4.37. The largest absolute Gasteiger partial charge is 2.00 e. The molecule has 0 aliphatic heterocycles. The smallest absolute Gasteiger partial charge is 0.566 e. The molecular weight excluding hydrogens is 475 g/mol. The Morgan fingerprint density at radius 2 is 1.90 bits per heavy atom. The van der Waals surface area contributed by atoms with Gasteiger partial charge >= 0.3 is 18.6 Å². The summed E-state index contributed by atoms with van der Waals surface area (Å²) < 4.78 is 0. The molecule has 0 heterocycles. The predicted molar refractivity (Wildman–Crippen MR) is 75.1 cm³/mol. The van der Waals surface area contributed by atoms with Gasteiger partial charge in [-0.25, -0.2) is 6.61 Å². The van der Waals surface area contributed by atoms with Crippen molar-refractivity contribution in [3.05, 3.63) is 48.9 Å². The first-order chi connectivity index (χ1) is 9.21. The average Bonchev–Trinajstić information content (AvgIpc) is 2.44. The van der Waals surface area contributed by atoms with E-state index in [0.717, 1.165) is 13.0 Å². The average molecular weight is 496 g/mol. The molecule has 0 fully saturated rings. The van der Waals surface area contributed by atoms with Crippen molar-refractivity contribution in [3.63, 3.8) is 0 Å². The maximum Gasteiger partial charge on any atom is 2.00 e. The third-order valence-electron chi connectivity index (χ3n) is 2.95. The summed E-state index contributed by atoms with van der Waals surface area (Å²) in [5, 5.41) is 12.0. The Labute approximate surface area is 154 Å². The summed E-state index contributed by atoms with van der Waals surface area (Å²) in [5.74, 6) is 0. The molecule has 21 heavy (non-hydrogen) atoms. The Morgan fingerprint density at radius 3 is 2.38 bits per heavy atom. The number of amides is 1. The van der Waals surface area contributed by atoms with Gasteiger partial charge in [0, 0.05) is 27.6 Å². The Morgan fingerprint density at radius 1 is 1.29 bits per heavy atom. The van der Waals surface area contributed by atoms with Gasteiger partial charge in [0.05, 0.1) is 0 Å². The van der Waals surface area contributed by atoms with Crippen molar-refractivity contribution in [1.29, 1.82) is 0 Å². The minimum atomic E-state index is 0. The summed E-state index contributed by atoms with van der Waals surface area (Å²) in [4.78, 5) is 11.0. The van der Waals surface area contributed by atoms with Crippen LogP contribution in [0.25, 0.3) is 0 Å². The van der Waals surface area contributed by atoms with Crippen molar-refractivity contribution >= 4 is 6.41 Å². The van der Waals surface area contributed by atoms with E-state index in [9.17, 15) is 4.79 Å². The molecule has 4 nitrogen and oxygen atoms in total. The normalized spacial score (nSPS) is 9.71. The van der Waals surface area contributed by atoms with Crippen molar-refractivity contribution < 1.29 is 49.5 Å². The maximum atomic E-state index is 11.0. The summed E-state index contributed by atoms with van der Waals surface area (Å²) in [5.41, 5.74) is 2.41. The molecule has 0 atom stereocenters. The van der Waals surface area contributed by atoms with Crippen molar-refractivity contribution in [2.75, 3.05) is 19.6 Å². The van der Waals surface area contributed by atoms with Gasteiger partial charge in [-0.1, -0.05) is 29.8 Å². The van der Waals surface area contributed by atoms with Gasteiger partial charge < -0.3 is 21.8 Å². The first-order valence-electron chi connectivity index (χ1n) is 6.42. The Kier molecular flexibility index (Phi) is 14.9. The van der Waals surface area contributed by atoms with Crippen LogP contribution >= 0.6 is 0 Å². The minimum absolute atomic E-state index is 0. The van der Waals surface area contributed by atoms with Gasteiger partial charge in [-0.15, -0.1) is 19.4 Å². The molecule has 1 N–H and O–H groups in total. The molecule has 0 saturated carbocycles. The van der Waals surface area contributed by atoms with Crippen LogP contribution in [0, 0.1) is 20.5 Å². The molecule has 0 spiro atoms. The number of aliphatic hydroxyl groups is 1. The predicted octanol–water partition coefficient (Wildman–Crippen LogP) is 1.88. The van der Waals surface area contributed by atoms with Crippen molar-refractivity contribution in [2.24, 2.45) is 0 Å². The number of rotatable bonds is 9. The Balaban J connectivity index is 0. The molecule has 0 aliphatic rings. The number of aliphatic hydroxyl groups excluding tert-OH is 1. The molecule has 0 aromatic heterocycles. The second kappa shape index (κ2) is 13.5. The molecule has 1 rings (SSSR count). The molecule has 6 heteroatoms. The second-order valence-corrected chi connectivity index (χ2v) is 4.37. The Bertz CT molecular complexity index is 376. The number of carbonyl (C=O) groups excluding carboxylic acids is 1. The molecular formula is C15H21N2O2VW-. The summed E-state index contributed by atoms with van der Waals surface area (Å²) in [6.45, 7) is 8.51. The van der Waals surface area contributed by atoms with Gasteiger partial charge in [0.1, 0.15) is 0 Å². The number of hydrazine groups is 1. The first kappa shape index (κ1) is 23.2. The molecule has 0 saturated heterocycles. The third kappa shape index (κ3) is 8.80.